The molecule has 4 rings (SSSR count). The molecule has 1 heterocycles. The van der Waals surface area contributed by atoms with Crippen LogP contribution in [0.5, 0.6) is 5.75 Å². The highest BCUT2D eigenvalue weighted by atomic mass is 19.1. The summed E-state index contributed by atoms with van der Waals surface area (Å²) in [7, 11) is 1.45. The third kappa shape index (κ3) is 3.28. The van der Waals surface area contributed by atoms with Crippen LogP contribution in [0.15, 0.2) is 42.5 Å². The van der Waals surface area contributed by atoms with Crippen molar-refractivity contribution in [3.05, 3.63) is 59.4 Å². The molecule has 1 aliphatic carbocycles. The molecular weight excluding hydrogens is 361 g/mol. The van der Waals surface area contributed by atoms with Crippen LogP contribution < -0.4 is 15.4 Å². The molecule has 1 aliphatic heterocycles. The fourth-order valence-electron chi connectivity index (χ4n) is 3.24. The molecule has 2 aromatic carbocycles. The van der Waals surface area contributed by atoms with Crippen molar-refractivity contribution in [3.8, 4) is 5.75 Å². The maximum absolute atomic E-state index is 14.6. The first-order valence-electron chi connectivity index (χ1n) is 9.27. The van der Waals surface area contributed by atoms with Gasteiger partial charge in [0.1, 0.15) is 5.54 Å². The Kier molecular flexibility index (Phi) is 4.45. The summed E-state index contributed by atoms with van der Waals surface area (Å²) < 4.78 is 20.1. The van der Waals surface area contributed by atoms with E-state index in [4.69, 9.17) is 4.74 Å². The number of carbonyl (C=O) groups is 2. The number of likely N-dealkylation sites (N-methyl/N-ethyl adjacent to an activating group) is 1. The van der Waals surface area contributed by atoms with Gasteiger partial charge in [-0.25, -0.2) is 9.18 Å². The quantitative estimate of drug-likeness (QED) is 0.751. The second-order valence-corrected chi connectivity index (χ2v) is 7.40. The van der Waals surface area contributed by atoms with Gasteiger partial charge in [0.2, 0.25) is 0 Å². The minimum absolute atomic E-state index is 0.143. The molecule has 2 fully saturated rings. The molecule has 28 heavy (non-hydrogen) atoms. The number of imide groups is 1. The third-order valence-corrected chi connectivity index (χ3v) is 5.20. The number of anilines is 1. The van der Waals surface area contributed by atoms with Crippen molar-refractivity contribution in [2.45, 2.75) is 38.0 Å². The molecule has 0 spiro atoms. The highest BCUT2D eigenvalue weighted by Gasteiger charge is 2.47. The summed E-state index contributed by atoms with van der Waals surface area (Å²) in [5.74, 6) is -0.342. The van der Waals surface area contributed by atoms with Crippen molar-refractivity contribution >= 4 is 17.6 Å². The number of carbonyl (C=O) groups excluding carboxylic acids is 2. The van der Waals surface area contributed by atoms with E-state index in [-0.39, 0.29) is 17.8 Å². The number of nitrogens with zero attached hydrogens (tertiary/aromatic N) is 1. The maximum atomic E-state index is 14.6. The molecule has 3 amide bonds. The monoisotopic (exact) mass is 383 g/mol. The lowest BCUT2D eigenvalue weighted by atomic mass is 9.92. The Bertz CT molecular complexity index is 927. The van der Waals surface area contributed by atoms with Crippen molar-refractivity contribution in [2.75, 3.05) is 12.4 Å². The van der Waals surface area contributed by atoms with Crippen LogP contribution in [-0.4, -0.2) is 30.0 Å². The van der Waals surface area contributed by atoms with Crippen LogP contribution >= 0.6 is 0 Å². The minimum Gasteiger partial charge on any atom is -0.487 e. The van der Waals surface area contributed by atoms with Crippen molar-refractivity contribution < 1.29 is 18.7 Å². The average Bonchev–Trinajstić information content (AvgIpc) is 3.48. The summed E-state index contributed by atoms with van der Waals surface area (Å²) in [4.78, 5) is 25.2. The lowest BCUT2D eigenvalue weighted by Gasteiger charge is -2.22. The van der Waals surface area contributed by atoms with Gasteiger partial charge in [0.05, 0.1) is 6.10 Å². The average molecular weight is 383 g/mol. The molecule has 2 aliphatic rings. The molecule has 0 aromatic heterocycles. The Morgan fingerprint density at radius 1 is 1.21 bits per heavy atom. The predicted octanol–water partition coefficient (Wildman–Crippen LogP) is 3.38. The van der Waals surface area contributed by atoms with E-state index in [1.807, 2.05) is 0 Å². The van der Waals surface area contributed by atoms with Crippen LogP contribution in [0.4, 0.5) is 14.9 Å². The van der Waals surface area contributed by atoms with Gasteiger partial charge in [-0.1, -0.05) is 24.3 Å². The molecule has 7 heteroatoms. The van der Waals surface area contributed by atoms with Crippen molar-refractivity contribution in [3.63, 3.8) is 0 Å². The molecule has 1 atom stereocenters. The number of halogens is 1. The smallest absolute Gasteiger partial charge is 0.325 e. The normalized spacial score (nSPS) is 21.6. The van der Waals surface area contributed by atoms with Gasteiger partial charge in [-0.15, -0.1) is 0 Å². The minimum atomic E-state index is -1.08. The zero-order valence-electron chi connectivity index (χ0n) is 15.8. The van der Waals surface area contributed by atoms with Crippen LogP contribution in [0.2, 0.25) is 0 Å². The number of ether oxygens (including phenoxy) is 1. The summed E-state index contributed by atoms with van der Waals surface area (Å²) in [6, 6.07) is 11.9. The van der Waals surface area contributed by atoms with Crippen molar-refractivity contribution in [2.24, 2.45) is 0 Å². The molecule has 0 radical (unpaired) electrons. The Morgan fingerprint density at radius 3 is 2.54 bits per heavy atom. The van der Waals surface area contributed by atoms with Gasteiger partial charge in [-0.3, -0.25) is 9.69 Å². The van der Waals surface area contributed by atoms with Crippen molar-refractivity contribution in [1.82, 2.24) is 10.2 Å². The van der Waals surface area contributed by atoms with E-state index < -0.39 is 11.6 Å². The Morgan fingerprint density at radius 2 is 1.93 bits per heavy atom. The molecular formula is C21H22FN3O3. The fraction of sp³-hybridized carbons (Fsp3) is 0.333. The van der Waals surface area contributed by atoms with Gasteiger partial charge in [0.15, 0.2) is 11.6 Å². The number of nitrogens with one attached hydrogen (secondary N) is 2. The highest BCUT2D eigenvalue weighted by Crippen LogP contribution is 2.31. The van der Waals surface area contributed by atoms with E-state index in [0.717, 1.165) is 23.4 Å². The molecule has 2 N–H and O–H groups in total. The second-order valence-electron chi connectivity index (χ2n) is 7.40. The summed E-state index contributed by atoms with van der Waals surface area (Å²) in [5.41, 5.74) is 0.913. The SMILES string of the molecule is CN1C(=O)NC(C)(c2ccc(NCc3cccc(OC4CC4)c3F)cc2)C1=O. The predicted molar refractivity (Wildman–Crippen MR) is 102 cm³/mol. The molecule has 6 nitrogen and oxygen atoms in total. The van der Waals surface area contributed by atoms with Gasteiger partial charge >= 0.3 is 6.03 Å². The third-order valence-electron chi connectivity index (χ3n) is 5.20. The zero-order valence-corrected chi connectivity index (χ0v) is 15.8. The van der Waals surface area contributed by atoms with E-state index in [1.54, 1.807) is 49.4 Å². The lowest BCUT2D eigenvalue weighted by Crippen LogP contribution is -2.40. The van der Waals surface area contributed by atoms with Gasteiger partial charge < -0.3 is 15.4 Å². The Balaban J connectivity index is 1.44. The fourth-order valence-corrected chi connectivity index (χ4v) is 3.24. The molecule has 1 unspecified atom stereocenters. The van der Waals surface area contributed by atoms with E-state index in [2.05, 4.69) is 10.6 Å². The molecule has 1 saturated heterocycles. The number of benzene rings is 2. The standard InChI is InChI=1S/C21H22FN3O3/c1-21(19(26)25(2)20(27)24-21)14-6-8-15(9-7-14)23-12-13-4-3-5-17(18(13)22)28-16-10-11-16/h3-9,16,23H,10-12H2,1-2H3,(H,24,27). The zero-order chi connectivity index (χ0) is 19.9. The van der Waals surface area contributed by atoms with Gasteiger partial charge in [-0.05, 0) is 43.5 Å². The Labute approximate surface area is 162 Å². The van der Waals surface area contributed by atoms with E-state index >= 15 is 0 Å². The lowest BCUT2D eigenvalue weighted by molar-refractivity contribution is -0.130. The highest BCUT2D eigenvalue weighted by molar-refractivity contribution is 6.06. The second kappa shape index (κ2) is 6.82. The molecule has 1 saturated carbocycles. The van der Waals surface area contributed by atoms with Gasteiger partial charge in [0.25, 0.3) is 5.91 Å². The van der Waals surface area contributed by atoms with Crippen LogP contribution in [0.1, 0.15) is 30.9 Å². The first kappa shape index (κ1) is 18.3. The summed E-state index contributed by atoms with van der Waals surface area (Å²) in [6.45, 7) is 1.99. The van der Waals surface area contributed by atoms with Gasteiger partial charge in [0, 0.05) is 24.8 Å². The number of hydrogen-bond donors (Lipinski definition) is 2. The number of urea groups is 1. The summed E-state index contributed by atoms with van der Waals surface area (Å²) >= 11 is 0. The number of rotatable bonds is 6. The van der Waals surface area contributed by atoms with Gasteiger partial charge in [-0.2, -0.15) is 0 Å². The van der Waals surface area contributed by atoms with Crippen LogP contribution in [0.3, 0.4) is 0 Å². The summed E-state index contributed by atoms with van der Waals surface area (Å²) in [6.07, 6.45) is 2.10. The first-order valence-corrected chi connectivity index (χ1v) is 9.27. The van der Waals surface area contributed by atoms with E-state index in [0.29, 0.717) is 23.4 Å². The van der Waals surface area contributed by atoms with E-state index in [9.17, 15) is 14.0 Å². The number of hydrogen-bond acceptors (Lipinski definition) is 4. The molecule has 146 valence electrons. The number of amides is 3. The topological polar surface area (TPSA) is 70.7 Å². The van der Waals surface area contributed by atoms with Crippen LogP contribution in [0, 0.1) is 5.82 Å². The first-order chi connectivity index (χ1) is 13.4. The summed E-state index contributed by atoms with van der Waals surface area (Å²) in [5, 5.41) is 5.89. The van der Waals surface area contributed by atoms with Crippen LogP contribution in [-0.2, 0) is 16.9 Å². The van der Waals surface area contributed by atoms with E-state index in [1.165, 1.54) is 7.05 Å². The molecule has 0 bridgehead atoms. The molecule has 2 aromatic rings. The van der Waals surface area contributed by atoms with Crippen LogP contribution in [0.25, 0.3) is 0 Å². The Hall–Kier alpha value is -3.09. The largest absolute Gasteiger partial charge is 0.487 e. The van der Waals surface area contributed by atoms with Crippen molar-refractivity contribution in [1.29, 1.82) is 0 Å². The maximum Gasteiger partial charge on any atom is 0.325 e.